The van der Waals surface area contributed by atoms with Gasteiger partial charge in [-0.2, -0.15) is 0 Å². The van der Waals surface area contributed by atoms with E-state index in [0.717, 1.165) is 61.8 Å². The summed E-state index contributed by atoms with van der Waals surface area (Å²) in [6.45, 7) is 6.28. The van der Waals surface area contributed by atoms with E-state index in [1.807, 2.05) is 23.1 Å². The second kappa shape index (κ2) is 20.7. The van der Waals surface area contributed by atoms with Crippen molar-refractivity contribution in [2.75, 3.05) is 64.3 Å². The fraction of sp³-hybridized carbons (Fsp3) is 0.500. The van der Waals surface area contributed by atoms with Gasteiger partial charge in [0.2, 0.25) is 23.6 Å². The molecular weight excluding hydrogens is 873 g/mol. The summed E-state index contributed by atoms with van der Waals surface area (Å²) in [5.41, 5.74) is 5.11. The first-order valence-corrected chi connectivity index (χ1v) is 23.7. The average Bonchev–Trinajstić information content (AvgIpc) is 3.58. The molecule has 16 nitrogen and oxygen atoms in total. The maximum absolute atomic E-state index is 14.6. The molecule has 18 heteroatoms. The van der Waals surface area contributed by atoms with E-state index >= 15 is 0 Å². The number of likely N-dealkylation sites (tertiary alicyclic amines) is 2. The molecule has 68 heavy (non-hydrogen) atoms. The van der Waals surface area contributed by atoms with Crippen LogP contribution in [0.4, 0.5) is 14.5 Å². The molecule has 0 bridgehead atoms. The molecule has 1 unspecified atom stereocenters. The number of nitrogens with zero attached hydrogens (tertiary/aromatic N) is 6. The van der Waals surface area contributed by atoms with Crippen LogP contribution in [0.5, 0.6) is 0 Å². The van der Waals surface area contributed by atoms with Gasteiger partial charge in [0, 0.05) is 131 Å². The number of halogens is 2. The first kappa shape index (κ1) is 47.9. The highest BCUT2D eigenvalue weighted by atomic mass is 19.3. The zero-order valence-corrected chi connectivity index (χ0v) is 39.1. The molecule has 5 N–H and O–H groups in total. The van der Waals surface area contributed by atoms with Crippen LogP contribution in [0.2, 0.25) is 0 Å². The summed E-state index contributed by atoms with van der Waals surface area (Å²) < 4.78 is 32.1. The number of rotatable bonds is 11. The number of carbonyl (C=O) groups is 4. The van der Waals surface area contributed by atoms with Gasteiger partial charge in [-0.15, -0.1) is 0 Å². The van der Waals surface area contributed by atoms with E-state index in [0.29, 0.717) is 91.8 Å². The van der Waals surface area contributed by atoms with E-state index < -0.39 is 18.4 Å². The number of alkyl halides is 2. The molecule has 0 spiro atoms. The smallest absolute Gasteiger partial charge is 0.329 e. The summed E-state index contributed by atoms with van der Waals surface area (Å²) in [4.78, 5) is 71.3. The van der Waals surface area contributed by atoms with E-state index in [1.165, 1.54) is 28.3 Å². The highest BCUT2D eigenvalue weighted by Crippen LogP contribution is 2.38. The highest BCUT2D eigenvalue weighted by molar-refractivity contribution is 6.11. The maximum Gasteiger partial charge on any atom is 0.329 e. The summed E-state index contributed by atoms with van der Waals surface area (Å²) in [6, 6.07) is 8.05. The summed E-state index contributed by atoms with van der Waals surface area (Å²) in [7, 11) is 3.33. The lowest BCUT2D eigenvalue weighted by Gasteiger charge is -2.39. The fourth-order valence-corrected chi connectivity index (χ4v) is 10.3. The van der Waals surface area contributed by atoms with Crippen LogP contribution in [0.1, 0.15) is 99.4 Å². The molecule has 5 aliphatic heterocycles. The minimum atomic E-state index is -2.79. The molecule has 3 aromatic rings. The van der Waals surface area contributed by atoms with E-state index in [9.17, 15) is 38.2 Å². The van der Waals surface area contributed by atoms with Gasteiger partial charge in [0.15, 0.2) is 0 Å². The van der Waals surface area contributed by atoms with Crippen molar-refractivity contribution in [1.29, 1.82) is 10.8 Å². The van der Waals surface area contributed by atoms with Crippen molar-refractivity contribution in [3.8, 4) is 11.8 Å². The molecule has 6 heterocycles. The van der Waals surface area contributed by atoms with E-state index in [2.05, 4.69) is 32.7 Å². The molecule has 8 rings (SSSR count). The molecule has 3 fully saturated rings. The molecular formula is C50H61F2N11O5. The number of hydrogen-bond donors (Lipinski definition) is 5. The van der Waals surface area contributed by atoms with Crippen molar-refractivity contribution < 1.29 is 28.0 Å². The minimum Gasteiger partial charge on any atom is -0.393 e. The van der Waals surface area contributed by atoms with Gasteiger partial charge in [-0.1, -0.05) is 11.8 Å². The van der Waals surface area contributed by atoms with Gasteiger partial charge in [-0.25, -0.2) is 13.6 Å². The van der Waals surface area contributed by atoms with Crippen molar-refractivity contribution in [3.05, 3.63) is 80.5 Å². The molecule has 0 aliphatic carbocycles. The Hall–Kier alpha value is -6.61. The van der Waals surface area contributed by atoms with Crippen molar-refractivity contribution >= 4 is 58.0 Å². The normalized spacial score (nSPS) is 20.0. The Morgan fingerprint density at radius 3 is 2.40 bits per heavy atom. The number of amidine groups is 1. The Labute approximate surface area is 394 Å². The van der Waals surface area contributed by atoms with Crippen LogP contribution in [0.3, 0.4) is 0 Å². The summed E-state index contributed by atoms with van der Waals surface area (Å²) in [6.07, 6.45) is 5.80. The maximum atomic E-state index is 14.6. The van der Waals surface area contributed by atoms with Crippen LogP contribution in [0.15, 0.2) is 52.6 Å². The van der Waals surface area contributed by atoms with Crippen LogP contribution in [-0.4, -0.2) is 125 Å². The standard InChI is InChI=1S/C50H61F2N11O5/c1-31(64)61-24-16-40(39(30-61)48(54)62-18-4-5-34-26-37(35(28-53)29-55-2)38(47(51)52)27-43(34)62)56-36-14-22-60(23-15-36)46(66)17-21-59-19-12-32(13-20-59)6-7-33-8-9-41-44(25-33)58(3)50(68)63(41)42-10-11-45(65)57-49(42)67/h8-9,25-29,32,36,42,47,53-56H,4-5,10-24,30H2,1-3H3,(H,57,65,67)/b35-29+,53-28?,54-48?. The van der Waals surface area contributed by atoms with Gasteiger partial charge >= 0.3 is 5.69 Å². The van der Waals surface area contributed by atoms with Gasteiger partial charge in [-0.05, 0) is 99.5 Å². The van der Waals surface area contributed by atoms with Crippen LogP contribution in [0.25, 0.3) is 16.6 Å². The Morgan fingerprint density at radius 2 is 1.71 bits per heavy atom. The minimum absolute atomic E-state index is 0.0636. The van der Waals surface area contributed by atoms with Gasteiger partial charge in [0.05, 0.1) is 17.6 Å². The number of amides is 4. The van der Waals surface area contributed by atoms with Gasteiger partial charge in [-0.3, -0.25) is 39.0 Å². The number of aryl methyl sites for hydroxylation is 2. The lowest BCUT2D eigenvalue weighted by Crippen LogP contribution is -2.48. The van der Waals surface area contributed by atoms with E-state index in [4.69, 9.17) is 5.41 Å². The largest absolute Gasteiger partial charge is 0.393 e. The second-order valence-electron chi connectivity index (χ2n) is 18.5. The number of hydrogen-bond acceptors (Lipinski definition) is 10. The van der Waals surface area contributed by atoms with Crippen LogP contribution >= 0.6 is 0 Å². The first-order chi connectivity index (χ1) is 32.7. The number of piperidine rings is 3. The molecule has 0 saturated carbocycles. The Kier molecular flexibility index (Phi) is 14.6. The predicted octanol–water partition coefficient (Wildman–Crippen LogP) is 4.44. The molecule has 1 aromatic heterocycles. The van der Waals surface area contributed by atoms with Gasteiger partial charge in [0.1, 0.15) is 11.9 Å². The van der Waals surface area contributed by atoms with Crippen molar-refractivity contribution in [2.24, 2.45) is 13.0 Å². The zero-order valence-electron chi connectivity index (χ0n) is 39.1. The van der Waals surface area contributed by atoms with Crippen LogP contribution in [0, 0.1) is 28.6 Å². The SMILES string of the molecule is CN/C=C(\C=N)c1cc2c(cc1C(F)F)N(C(=N)C1=C(NC3CCN(C(=O)CCN4CCC(C#Cc5ccc6c(c5)n(C)c(=O)n6C5CCC(=O)NC5=O)CC4)CC3)CCN(C(C)=O)C1)CCC2. The molecule has 2 aromatic carbocycles. The summed E-state index contributed by atoms with van der Waals surface area (Å²) in [5.74, 6) is 6.33. The second-order valence-corrected chi connectivity index (χ2v) is 18.5. The molecule has 0 radical (unpaired) electrons. The fourth-order valence-electron chi connectivity index (χ4n) is 10.3. The lowest BCUT2D eigenvalue weighted by atomic mass is 9.91. The highest BCUT2D eigenvalue weighted by Gasteiger charge is 2.34. The number of imide groups is 1. The number of imidazole rings is 1. The number of anilines is 1. The third-order valence-electron chi connectivity index (χ3n) is 14.2. The molecule has 360 valence electrons. The molecule has 4 amide bonds. The third-order valence-corrected chi connectivity index (χ3v) is 14.2. The van der Waals surface area contributed by atoms with Gasteiger partial charge < -0.3 is 35.6 Å². The number of nitrogens with one attached hydrogen (secondary N) is 5. The van der Waals surface area contributed by atoms with Crippen LogP contribution in [-0.2, 0) is 32.6 Å². The molecule has 3 saturated heterocycles. The van der Waals surface area contributed by atoms with Crippen molar-refractivity contribution in [2.45, 2.75) is 89.6 Å². The molecule has 1 atom stereocenters. The third kappa shape index (κ3) is 10.1. The predicted molar refractivity (Wildman–Crippen MR) is 257 cm³/mol. The number of aromatic nitrogens is 2. The lowest BCUT2D eigenvalue weighted by molar-refractivity contribution is -0.136. The van der Waals surface area contributed by atoms with Crippen molar-refractivity contribution in [3.63, 3.8) is 0 Å². The Bertz CT molecular complexity index is 2690. The number of allylic oxidation sites excluding steroid dienone is 1. The van der Waals surface area contributed by atoms with Crippen LogP contribution < -0.4 is 26.5 Å². The summed E-state index contributed by atoms with van der Waals surface area (Å²) in [5, 5.41) is 26.3. The van der Waals surface area contributed by atoms with Gasteiger partial charge in [0.25, 0.3) is 6.43 Å². The Balaban J connectivity index is 0.842. The average molecular weight is 934 g/mol. The number of carbonyl (C=O) groups excluding carboxylic acids is 4. The quantitative estimate of drug-likeness (QED) is 0.0802. The monoisotopic (exact) mass is 933 g/mol. The zero-order chi connectivity index (χ0) is 48.2. The summed E-state index contributed by atoms with van der Waals surface area (Å²) >= 11 is 0. The Morgan fingerprint density at radius 1 is 0.941 bits per heavy atom. The first-order valence-electron chi connectivity index (χ1n) is 23.7. The van der Waals surface area contributed by atoms with E-state index in [-0.39, 0.29) is 66.2 Å². The molecule has 5 aliphatic rings. The number of benzene rings is 2. The number of fused-ring (bicyclic) bond motifs is 2. The van der Waals surface area contributed by atoms with Crippen molar-refractivity contribution in [1.82, 2.24) is 39.8 Å². The topological polar surface area (TPSA) is 192 Å². The van der Waals surface area contributed by atoms with E-state index in [1.54, 1.807) is 30.0 Å².